The van der Waals surface area contributed by atoms with Gasteiger partial charge >= 0.3 is 0 Å². The predicted octanol–water partition coefficient (Wildman–Crippen LogP) is 4.38. The van der Waals surface area contributed by atoms with Crippen molar-refractivity contribution in [3.8, 4) is 0 Å². The molecule has 0 aromatic heterocycles. The van der Waals surface area contributed by atoms with Crippen LogP contribution in [-0.4, -0.2) is 12.1 Å². The molecule has 130 valence electrons. The molecule has 3 rings (SSSR count). The molecule has 0 saturated heterocycles. The molecule has 0 bridgehead atoms. The van der Waals surface area contributed by atoms with E-state index < -0.39 is 0 Å². The second-order valence-electron chi connectivity index (χ2n) is 7.61. The summed E-state index contributed by atoms with van der Waals surface area (Å²) in [4.78, 5) is 12.2. The average molecular weight is 338 g/mol. The summed E-state index contributed by atoms with van der Waals surface area (Å²) in [5.74, 6) is -0.183. The van der Waals surface area contributed by atoms with Crippen molar-refractivity contribution in [3.63, 3.8) is 0 Å². The highest BCUT2D eigenvalue weighted by Gasteiger charge is 2.43. The molecule has 25 heavy (non-hydrogen) atoms. The van der Waals surface area contributed by atoms with Crippen LogP contribution in [0.3, 0.4) is 0 Å². The molecule has 2 atom stereocenters. The second-order valence-corrected chi connectivity index (χ2v) is 7.61. The Labute approximate surface area is 148 Å². The number of carbonyl (C=O) groups excluding carboxylic acids is 1. The van der Waals surface area contributed by atoms with Crippen LogP contribution in [0.2, 0.25) is 0 Å². The van der Waals surface area contributed by atoms with Gasteiger partial charge in [-0.05, 0) is 46.6 Å². The summed E-state index contributed by atoms with van der Waals surface area (Å²) < 4.78 is 13.1. The van der Waals surface area contributed by atoms with E-state index in [-0.39, 0.29) is 29.0 Å². The number of halogens is 1. The van der Waals surface area contributed by atoms with Gasteiger partial charge in [-0.2, -0.15) is 5.10 Å². The number of hydrazone groups is 1. The summed E-state index contributed by atoms with van der Waals surface area (Å²) in [5.41, 5.74) is 5.79. The van der Waals surface area contributed by atoms with E-state index in [1.807, 2.05) is 0 Å². The molecule has 0 radical (unpaired) electrons. The first-order valence-corrected chi connectivity index (χ1v) is 8.53. The van der Waals surface area contributed by atoms with Crippen molar-refractivity contribution in [3.05, 3.63) is 71.0 Å². The quantitative estimate of drug-likeness (QED) is 0.652. The summed E-state index contributed by atoms with van der Waals surface area (Å²) in [5, 5.41) is 3.93. The van der Waals surface area contributed by atoms with Gasteiger partial charge in [0.2, 0.25) is 5.91 Å². The van der Waals surface area contributed by atoms with Crippen molar-refractivity contribution in [1.82, 2.24) is 5.43 Å². The lowest BCUT2D eigenvalue weighted by molar-refractivity contribution is -0.122. The highest BCUT2D eigenvalue weighted by Crippen LogP contribution is 2.47. The number of rotatable bonds is 4. The fourth-order valence-corrected chi connectivity index (χ4v) is 2.92. The third kappa shape index (κ3) is 4.32. The normalized spacial score (nSPS) is 19.8. The largest absolute Gasteiger partial charge is 0.273 e. The lowest BCUT2D eigenvalue weighted by atomic mass is 9.86. The fraction of sp³-hybridized carbons (Fsp3) is 0.333. The number of hydrogen-bond donors (Lipinski definition) is 1. The Morgan fingerprint density at radius 1 is 1.20 bits per heavy atom. The molecule has 1 aliphatic rings. The van der Waals surface area contributed by atoms with E-state index in [1.165, 1.54) is 29.5 Å². The molecule has 0 aliphatic heterocycles. The lowest BCUT2D eigenvalue weighted by Gasteiger charge is -2.19. The summed E-state index contributed by atoms with van der Waals surface area (Å²) >= 11 is 0. The first-order valence-electron chi connectivity index (χ1n) is 8.53. The molecular formula is C21H23FN2O. The maximum atomic E-state index is 13.1. The Bertz CT molecular complexity index is 790. The molecule has 3 nitrogen and oxygen atoms in total. The summed E-state index contributed by atoms with van der Waals surface area (Å²) in [6, 6.07) is 14.6. The van der Waals surface area contributed by atoms with Crippen molar-refractivity contribution < 1.29 is 9.18 Å². The molecule has 0 heterocycles. The van der Waals surface area contributed by atoms with Crippen molar-refractivity contribution in [2.75, 3.05) is 0 Å². The first-order chi connectivity index (χ1) is 11.8. The number of nitrogens with one attached hydrogen (secondary N) is 1. The van der Waals surface area contributed by atoms with Crippen LogP contribution in [0.1, 0.15) is 49.8 Å². The van der Waals surface area contributed by atoms with Gasteiger partial charge in [0, 0.05) is 5.92 Å². The maximum absolute atomic E-state index is 13.1. The van der Waals surface area contributed by atoms with E-state index in [2.05, 4.69) is 55.6 Å². The Morgan fingerprint density at radius 3 is 2.56 bits per heavy atom. The van der Waals surface area contributed by atoms with E-state index in [1.54, 1.807) is 12.1 Å². The number of nitrogens with zero attached hydrogens (tertiary/aromatic N) is 1. The molecule has 4 heteroatoms. The van der Waals surface area contributed by atoms with Gasteiger partial charge < -0.3 is 0 Å². The minimum absolute atomic E-state index is 0.0369. The molecule has 0 spiro atoms. The molecule has 2 aromatic carbocycles. The summed E-state index contributed by atoms with van der Waals surface area (Å²) in [7, 11) is 0. The van der Waals surface area contributed by atoms with Crippen LogP contribution in [0, 0.1) is 11.7 Å². The van der Waals surface area contributed by atoms with Gasteiger partial charge in [-0.3, -0.25) is 4.79 Å². The van der Waals surface area contributed by atoms with Crippen LogP contribution in [0.15, 0.2) is 53.6 Å². The standard InChI is InChI=1S/C21H23FN2O/c1-21(2,3)16-9-7-15(8-10-16)18-12-19(18)20(25)24-23-13-14-5-4-6-17(22)11-14/h4-11,13,18-19H,12H2,1-3H3,(H,24,25)/t18-,19+/m1/s1. The number of amides is 1. The van der Waals surface area contributed by atoms with Crippen LogP contribution in [0.5, 0.6) is 0 Å². The second kappa shape index (κ2) is 6.79. The van der Waals surface area contributed by atoms with Crippen LogP contribution in [0.25, 0.3) is 0 Å². The number of hydrogen-bond acceptors (Lipinski definition) is 2. The monoisotopic (exact) mass is 338 g/mol. The summed E-state index contributed by atoms with van der Waals surface area (Å²) in [6.07, 6.45) is 2.30. The maximum Gasteiger partial charge on any atom is 0.243 e. The molecule has 1 N–H and O–H groups in total. The van der Waals surface area contributed by atoms with Crippen LogP contribution in [0.4, 0.5) is 4.39 Å². The zero-order valence-corrected chi connectivity index (χ0v) is 14.8. The predicted molar refractivity (Wildman–Crippen MR) is 98.1 cm³/mol. The SMILES string of the molecule is CC(C)(C)c1ccc([C@H]2C[C@@H]2C(=O)NN=Cc2cccc(F)c2)cc1. The molecule has 1 fully saturated rings. The third-order valence-electron chi connectivity index (χ3n) is 4.57. The summed E-state index contributed by atoms with van der Waals surface area (Å²) in [6.45, 7) is 6.56. The first kappa shape index (κ1) is 17.3. The molecule has 1 amide bonds. The zero-order chi connectivity index (χ0) is 18.0. The van der Waals surface area contributed by atoms with Gasteiger partial charge in [-0.15, -0.1) is 0 Å². The van der Waals surface area contributed by atoms with E-state index in [4.69, 9.17) is 0 Å². The van der Waals surface area contributed by atoms with Crippen LogP contribution in [-0.2, 0) is 10.2 Å². The van der Waals surface area contributed by atoms with Gasteiger partial charge in [0.05, 0.1) is 6.21 Å². The molecular weight excluding hydrogens is 315 g/mol. The van der Waals surface area contributed by atoms with E-state index >= 15 is 0 Å². The molecule has 2 aromatic rings. The van der Waals surface area contributed by atoms with E-state index in [9.17, 15) is 9.18 Å². The number of benzene rings is 2. The highest BCUT2D eigenvalue weighted by atomic mass is 19.1. The Kier molecular flexibility index (Phi) is 4.71. The fourth-order valence-electron chi connectivity index (χ4n) is 2.92. The topological polar surface area (TPSA) is 41.5 Å². The molecule has 1 saturated carbocycles. The van der Waals surface area contributed by atoms with Crippen molar-refractivity contribution in [2.24, 2.45) is 11.0 Å². The molecule has 0 unspecified atom stereocenters. The Balaban J connectivity index is 1.55. The van der Waals surface area contributed by atoms with Crippen molar-refractivity contribution >= 4 is 12.1 Å². The Morgan fingerprint density at radius 2 is 1.92 bits per heavy atom. The van der Waals surface area contributed by atoms with Crippen LogP contribution < -0.4 is 5.43 Å². The molecule has 1 aliphatic carbocycles. The van der Waals surface area contributed by atoms with Crippen molar-refractivity contribution in [1.29, 1.82) is 0 Å². The highest BCUT2D eigenvalue weighted by molar-refractivity contribution is 5.85. The van der Waals surface area contributed by atoms with Crippen LogP contribution >= 0.6 is 0 Å². The Hall–Kier alpha value is -2.49. The lowest BCUT2D eigenvalue weighted by Crippen LogP contribution is -2.20. The van der Waals surface area contributed by atoms with Gasteiger partial charge in [-0.1, -0.05) is 57.2 Å². The minimum atomic E-state index is -0.323. The van der Waals surface area contributed by atoms with Gasteiger partial charge in [0.25, 0.3) is 0 Å². The third-order valence-corrected chi connectivity index (χ3v) is 4.57. The van der Waals surface area contributed by atoms with E-state index in [0.717, 1.165) is 6.42 Å². The van der Waals surface area contributed by atoms with E-state index in [0.29, 0.717) is 5.56 Å². The minimum Gasteiger partial charge on any atom is -0.273 e. The van der Waals surface area contributed by atoms with Crippen molar-refractivity contribution in [2.45, 2.75) is 38.5 Å². The van der Waals surface area contributed by atoms with Gasteiger partial charge in [-0.25, -0.2) is 9.82 Å². The van der Waals surface area contributed by atoms with Gasteiger partial charge in [0.1, 0.15) is 5.82 Å². The zero-order valence-electron chi connectivity index (χ0n) is 14.8. The number of carbonyl (C=O) groups is 1. The van der Waals surface area contributed by atoms with Gasteiger partial charge in [0.15, 0.2) is 0 Å². The smallest absolute Gasteiger partial charge is 0.243 e. The average Bonchev–Trinajstić information content (AvgIpc) is 3.35.